The largest absolute Gasteiger partial charge is 0.306 e. The molecule has 1 aromatic carbocycles. The van der Waals surface area contributed by atoms with Crippen LogP contribution in [0.5, 0.6) is 0 Å². The van der Waals surface area contributed by atoms with Gasteiger partial charge >= 0.3 is 0 Å². The van der Waals surface area contributed by atoms with Gasteiger partial charge in [0.05, 0.1) is 12.2 Å². The van der Waals surface area contributed by atoms with Crippen LogP contribution in [0.2, 0.25) is 0 Å². The standard InChI is InChI=1S/C12H15N5/c1-10(2)8-13-9-12-14-15-16-17(12)11-6-4-3-5-7-11/h3-7,13H,1,8-9H2,2H3. The number of rotatable bonds is 5. The number of nitrogens with one attached hydrogen (secondary N) is 1. The minimum absolute atomic E-state index is 0.620. The number of hydrogen-bond donors (Lipinski definition) is 1. The molecule has 2 aromatic rings. The van der Waals surface area contributed by atoms with E-state index < -0.39 is 0 Å². The maximum absolute atomic E-state index is 4.00. The molecule has 0 aliphatic rings. The van der Waals surface area contributed by atoms with Crippen LogP contribution in [0, 0.1) is 0 Å². The molecule has 88 valence electrons. The van der Waals surface area contributed by atoms with Crippen molar-refractivity contribution in [3.63, 3.8) is 0 Å². The second-order valence-corrected chi connectivity index (χ2v) is 3.90. The van der Waals surface area contributed by atoms with E-state index in [-0.39, 0.29) is 0 Å². The van der Waals surface area contributed by atoms with E-state index in [0.717, 1.165) is 23.6 Å². The molecule has 0 unspecified atom stereocenters. The zero-order valence-corrected chi connectivity index (χ0v) is 9.80. The number of aromatic nitrogens is 4. The summed E-state index contributed by atoms with van der Waals surface area (Å²) in [5.41, 5.74) is 2.05. The highest BCUT2D eigenvalue weighted by Gasteiger charge is 2.06. The summed E-state index contributed by atoms with van der Waals surface area (Å²) in [5.74, 6) is 0.789. The van der Waals surface area contributed by atoms with Gasteiger partial charge in [0.1, 0.15) is 0 Å². The van der Waals surface area contributed by atoms with Gasteiger partial charge in [-0.1, -0.05) is 30.4 Å². The summed E-state index contributed by atoms with van der Waals surface area (Å²) in [6, 6.07) is 9.83. The van der Waals surface area contributed by atoms with Gasteiger partial charge in [0.15, 0.2) is 5.82 Å². The third-order valence-corrected chi connectivity index (χ3v) is 2.24. The first-order valence-electron chi connectivity index (χ1n) is 5.45. The highest BCUT2D eigenvalue weighted by molar-refractivity contribution is 5.30. The van der Waals surface area contributed by atoms with Crippen LogP contribution in [0.4, 0.5) is 0 Å². The molecular weight excluding hydrogens is 214 g/mol. The smallest absolute Gasteiger partial charge is 0.170 e. The molecule has 5 heteroatoms. The molecule has 0 aliphatic carbocycles. The fourth-order valence-electron chi connectivity index (χ4n) is 1.47. The Labute approximate surface area is 100 Å². The summed E-state index contributed by atoms with van der Waals surface area (Å²) in [5, 5.41) is 14.9. The van der Waals surface area contributed by atoms with Gasteiger partial charge < -0.3 is 5.32 Å². The molecule has 0 fully saturated rings. The number of para-hydroxylation sites is 1. The molecule has 0 spiro atoms. The number of benzene rings is 1. The van der Waals surface area contributed by atoms with Crippen LogP contribution in [-0.2, 0) is 6.54 Å². The van der Waals surface area contributed by atoms with Gasteiger partial charge in [0.2, 0.25) is 0 Å². The van der Waals surface area contributed by atoms with Gasteiger partial charge in [-0.2, -0.15) is 4.68 Å². The van der Waals surface area contributed by atoms with Crippen LogP contribution in [0.25, 0.3) is 5.69 Å². The van der Waals surface area contributed by atoms with Crippen LogP contribution in [0.15, 0.2) is 42.5 Å². The van der Waals surface area contributed by atoms with E-state index in [2.05, 4.69) is 27.4 Å². The third kappa shape index (κ3) is 2.98. The topological polar surface area (TPSA) is 55.6 Å². The average Bonchev–Trinajstić information content (AvgIpc) is 2.78. The van der Waals surface area contributed by atoms with Gasteiger partial charge in [-0.25, -0.2) is 0 Å². The van der Waals surface area contributed by atoms with E-state index in [1.54, 1.807) is 4.68 Å². The highest BCUT2D eigenvalue weighted by atomic mass is 15.5. The van der Waals surface area contributed by atoms with Crippen molar-refractivity contribution in [2.45, 2.75) is 13.5 Å². The monoisotopic (exact) mass is 229 g/mol. The van der Waals surface area contributed by atoms with Crippen molar-refractivity contribution in [1.29, 1.82) is 0 Å². The molecular formula is C12H15N5. The summed E-state index contributed by atoms with van der Waals surface area (Å²) >= 11 is 0. The lowest BCUT2D eigenvalue weighted by Crippen LogP contribution is -2.18. The van der Waals surface area contributed by atoms with E-state index in [1.165, 1.54) is 0 Å². The van der Waals surface area contributed by atoms with E-state index in [1.807, 2.05) is 37.3 Å². The van der Waals surface area contributed by atoms with Gasteiger partial charge in [0.25, 0.3) is 0 Å². The Hall–Kier alpha value is -2.01. The van der Waals surface area contributed by atoms with Crippen molar-refractivity contribution >= 4 is 0 Å². The zero-order valence-electron chi connectivity index (χ0n) is 9.80. The van der Waals surface area contributed by atoms with E-state index >= 15 is 0 Å². The predicted octanol–water partition coefficient (Wildman–Crippen LogP) is 1.33. The molecule has 2 rings (SSSR count). The molecule has 0 radical (unpaired) electrons. The first kappa shape index (κ1) is 11.5. The fraction of sp³-hybridized carbons (Fsp3) is 0.250. The summed E-state index contributed by atoms with van der Waals surface area (Å²) in [6.07, 6.45) is 0. The van der Waals surface area contributed by atoms with Crippen LogP contribution in [-0.4, -0.2) is 26.8 Å². The second kappa shape index (κ2) is 5.36. The summed E-state index contributed by atoms with van der Waals surface area (Å²) in [6.45, 7) is 7.20. The lowest BCUT2D eigenvalue weighted by molar-refractivity contribution is 0.672. The van der Waals surface area contributed by atoms with Gasteiger partial charge in [0, 0.05) is 6.54 Å². The lowest BCUT2D eigenvalue weighted by atomic mass is 10.3. The zero-order chi connectivity index (χ0) is 12.1. The van der Waals surface area contributed by atoms with Crippen molar-refractivity contribution in [2.24, 2.45) is 0 Å². The molecule has 0 saturated carbocycles. The molecule has 17 heavy (non-hydrogen) atoms. The molecule has 1 aromatic heterocycles. The Bertz CT molecular complexity index is 489. The number of tetrazole rings is 1. The Morgan fingerprint density at radius 2 is 2.12 bits per heavy atom. The van der Waals surface area contributed by atoms with Crippen LogP contribution in [0.3, 0.4) is 0 Å². The maximum Gasteiger partial charge on any atom is 0.170 e. The van der Waals surface area contributed by atoms with Gasteiger partial charge in [-0.3, -0.25) is 0 Å². The SMILES string of the molecule is C=C(C)CNCc1nnnn1-c1ccccc1. The Kier molecular flexibility index (Phi) is 3.62. The second-order valence-electron chi connectivity index (χ2n) is 3.90. The molecule has 1 N–H and O–H groups in total. The molecule has 0 aliphatic heterocycles. The summed E-state index contributed by atoms with van der Waals surface area (Å²) in [4.78, 5) is 0. The predicted molar refractivity (Wildman–Crippen MR) is 65.7 cm³/mol. The van der Waals surface area contributed by atoms with Gasteiger partial charge in [-0.15, -0.1) is 5.10 Å². The van der Waals surface area contributed by atoms with E-state index in [0.29, 0.717) is 6.54 Å². The molecule has 1 heterocycles. The Morgan fingerprint density at radius 1 is 1.35 bits per heavy atom. The van der Waals surface area contributed by atoms with E-state index in [4.69, 9.17) is 0 Å². The first-order valence-corrected chi connectivity index (χ1v) is 5.45. The Morgan fingerprint density at radius 3 is 2.82 bits per heavy atom. The van der Waals surface area contributed by atoms with Crippen molar-refractivity contribution in [3.05, 3.63) is 48.3 Å². The fourth-order valence-corrected chi connectivity index (χ4v) is 1.47. The quantitative estimate of drug-likeness (QED) is 0.786. The van der Waals surface area contributed by atoms with Crippen molar-refractivity contribution < 1.29 is 0 Å². The molecule has 0 saturated heterocycles. The molecule has 0 bridgehead atoms. The minimum Gasteiger partial charge on any atom is -0.306 e. The lowest BCUT2D eigenvalue weighted by Gasteiger charge is -2.05. The number of nitrogens with zero attached hydrogens (tertiary/aromatic N) is 4. The maximum atomic E-state index is 4.00. The highest BCUT2D eigenvalue weighted by Crippen LogP contribution is 2.06. The van der Waals surface area contributed by atoms with E-state index in [9.17, 15) is 0 Å². The van der Waals surface area contributed by atoms with Crippen molar-refractivity contribution in [2.75, 3.05) is 6.54 Å². The van der Waals surface area contributed by atoms with Crippen LogP contribution < -0.4 is 5.32 Å². The first-order chi connectivity index (χ1) is 8.27. The third-order valence-electron chi connectivity index (χ3n) is 2.24. The van der Waals surface area contributed by atoms with Crippen LogP contribution in [0.1, 0.15) is 12.7 Å². The minimum atomic E-state index is 0.620. The van der Waals surface area contributed by atoms with Gasteiger partial charge in [-0.05, 0) is 29.5 Å². The molecule has 0 amide bonds. The summed E-state index contributed by atoms with van der Waals surface area (Å²) < 4.78 is 1.73. The number of hydrogen-bond acceptors (Lipinski definition) is 4. The van der Waals surface area contributed by atoms with Crippen molar-refractivity contribution in [3.8, 4) is 5.69 Å². The molecule has 0 atom stereocenters. The van der Waals surface area contributed by atoms with Crippen molar-refractivity contribution in [1.82, 2.24) is 25.5 Å². The summed E-state index contributed by atoms with van der Waals surface area (Å²) in [7, 11) is 0. The Balaban J connectivity index is 2.10. The van der Waals surface area contributed by atoms with Crippen LogP contribution >= 0.6 is 0 Å². The molecule has 5 nitrogen and oxygen atoms in total. The normalized spacial score (nSPS) is 10.4. The average molecular weight is 229 g/mol.